The lowest BCUT2D eigenvalue weighted by molar-refractivity contribution is 0.618. The molecular weight excluding hydrogens is 340 g/mol. The van der Waals surface area contributed by atoms with E-state index in [1.165, 1.54) is 6.07 Å². The highest BCUT2D eigenvalue weighted by molar-refractivity contribution is 9.10. The Morgan fingerprint density at radius 1 is 1.17 bits per heavy atom. The molecule has 0 heterocycles. The summed E-state index contributed by atoms with van der Waals surface area (Å²) >= 11 is 15.1. The maximum absolute atomic E-state index is 13.3. The third kappa shape index (κ3) is 3.16. The van der Waals surface area contributed by atoms with Crippen LogP contribution in [0.2, 0.25) is 10.0 Å². The van der Waals surface area contributed by atoms with Gasteiger partial charge in [0.1, 0.15) is 5.82 Å². The van der Waals surface area contributed by atoms with Crippen molar-refractivity contribution in [1.82, 2.24) is 0 Å². The van der Waals surface area contributed by atoms with Gasteiger partial charge in [-0.1, -0.05) is 35.3 Å². The van der Waals surface area contributed by atoms with Crippen molar-refractivity contribution in [1.29, 1.82) is 0 Å². The summed E-state index contributed by atoms with van der Waals surface area (Å²) in [5, 5.41) is 4.30. The average Bonchev–Trinajstić information content (AvgIpc) is 2.35. The Bertz CT molecular complexity index is 573. The molecule has 2 aromatic rings. The second-order valence-electron chi connectivity index (χ2n) is 3.69. The van der Waals surface area contributed by atoms with Crippen molar-refractivity contribution in [3.05, 3.63) is 62.3 Å². The number of hydrogen-bond acceptors (Lipinski definition) is 1. The van der Waals surface area contributed by atoms with E-state index in [9.17, 15) is 4.39 Å². The van der Waals surface area contributed by atoms with Gasteiger partial charge in [0, 0.05) is 11.6 Å². The molecule has 0 bridgehead atoms. The van der Waals surface area contributed by atoms with Crippen molar-refractivity contribution in [2.24, 2.45) is 0 Å². The maximum Gasteiger partial charge on any atom is 0.137 e. The van der Waals surface area contributed by atoms with Crippen LogP contribution in [0.25, 0.3) is 0 Å². The number of hydrogen-bond donors (Lipinski definition) is 1. The molecule has 18 heavy (non-hydrogen) atoms. The first-order valence-electron chi connectivity index (χ1n) is 5.20. The second-order valence-corrected chi connectivity index (χ2v) is 5.33. The Morgan fingerprint density at radius 3 is 2.72 bits per heavy atom. The van der Waals surface area contributed by atoms with Crippen LogP contribution in [0.15, 0.2) is 40.9 Å². The Labute approximate surface area is 123 Å². The molecule has 2 rings (SSSR count). The molecule has 5 heteroatoms. The molecule has 0 fully saturated rings. The van der Waals surface area contributed by atoms with E-state index >= 15 is 0 Å². The molecule has 1 N–H and O–H groups in total. The lowest BCUT2D eigenvalue weighted by Gasteiger charge is -2.10. The first kappa shape index (κ1) is 13.7. The summed E-state index contributed by atoms with van der Waals surface area (Å²) in [4.78, 5) is 0. The highest BCUT2D eigenvalue weighted by atomic mass is 79.9. The number of anilines is 1. The van der Waals surface area contributed by atoms with Gasteiger partial charge in [0.15, 0.2) is 0 Å². The van der Waals surface area contributed by atoms with Crippen LogP contribution in [0.1, 0.15) is 5.56 Å². The van der Waals surface area contributed by atoms with Crippen molar-refractivity contribution in [2.75, 3.05) is 5.32 Å². The molecule has 0 saturated heterocycles. The summed E-state index contributed by atoms with van der Waals surface area (Å²) < 4.78 is 13.8. The molecule has 0 aliphatic carbocycles. The molecule has 2 aromatic carbocycles. The van der Waals surface area contributed by atoms with E-state index in [-0.39, 0.29) is 5.82 Å². The number of rotatable bonds is 3. The minimum absolute atomic E-state index is 0.286. The van der Waals surface area contributed by atoms with Crippen LogP contribution in [-0.2, 0) is 6.54 Å². The minimum atomic E-state index is -0.286. The normalized spacial score (nSPS) is 10.4. The molecule has 94 valence electrons. The van der Waals surface area contributed by atoms with Crippen molar-refractivity contribution in [3.8, 4) is 0 Å². The van der Waals surface area contributed by atoms with Gasteiger partial charge >= 0.3 is 0 Å². The van der Waals surface area contributed by atoms with Gasteiger partial charge in [0.2, 0.25) is 0 Å². The molecular formula is C13H9BrCl2FN. The van der Waals surface area contributed by atoms with Crippen LogP contribution in [0, 0.1) is 5.82 Å². The number of halogens is 4. The van der Waals surface area contributed by atoms with Gasteiger partial charge < -0.3 is 5.32 Å². The fraction of sp³-hybridized carbons (Fsp3) is 0.0769. The van der Waals surface area contributed by atoms with Crippen molar-refractivity contribution in [3.63, 3.8) is 0 Å². The SMILES string of the molecule is Fc1cccc(CNc2cc(Cl)ccc2Cl)c1Br. The fourth-order valence-corrected chi connectivity index (χ4v) is 2.27. The topological polar surface area (TPSA) is 12.0 Å². The van der Waals surface area contributed by atoms with Crippen LogP contribution < -0.4 is 5.32 Å². The van der Waals surface area contributed by atoms with Gasteiger partial charge in [0.05, 0.1) is 15.2 Å². The Balaban J connectivity index is 2.16. The van der Waals surface area contributed by atoms with E-state index in [0.717, 1.165) is 11.3 Å². The van der Waals surface area contributed by atoms with Crippen LogP contribution in [0.4, 0.5) is 10.1 Å². The molecule has 0 spiro atoms. The van der Waals surface area contributed by atoms with Crippen LogP contribution in [-0.4, -0.2) is 0 Å². The molecule has 0 atom stereocenters. The average molecular weight is 349 g/mol. The smallest absolute Gasteiger partial charge is 0.137 e. The predicted molar refractivity (Wildman–Crippen MR) is 77.9 cm³/mol. The third-order valence-corrected chi connectivity index (χ3v) is 3.88. The number of benzene rings is 2. The van der Waals surface area contributed by atoms with E-state index < -0.39 is 0 Å². The van der Waals surface area contributed by atoms with Crippen molar-refractivity contribution < 1.29 is 4.39 Å². The lowest BCUT2D eigenvalue weighted by Crippen LogP contribution is -2.01. The van der Waals surface area contributed by atoms with Gasteiger partial charge in [-0.25, -0.2) is 4.39 Å². The molecule has 0 radical (unpaired) electrons. The first-order chi connectivity index (χ1) is 8.58. The van der Waals surface area contributed by atoms with Gasteiger partial charge in [-0.15, -0.1) is 0 Å². The largest absolute Gasteiger partial charge is 0.380 e. The van der Waals surface area contributed by atoms with Crippen molar-refractivity contribution in [2.45, 2.75) is 6.54 Å². The summed E-state index contributed by atoms with van der Waals surface area (Å²) in [6.45, 7) is 0.457. The van der Waals surface area contributed by atoms with Gasteiger partial charge in [-0.05, 0) is 45.8 Å². The highest BCUT2D eigenvalue weighted by Crippen LogP contribution is 2.27. The van der Waals surface area contributed by atoms with Gasteiger partial charge in [-0.2, -0.15) is 0 Å². The number of nitrogens with one attached hydrogen (secondary N) is 1. The summed E-state index contributed by atoms with van der Waals surface area (Å²) in [5.74, 6) is -0.286. The molecule has 0 unspecified atom stereocenters. The van der Waals surface area contributed by atoms with Gasteiger partial charge in [0.25, 0.3) is 0 Å². The summed E-state index contributed by atoms with van der Waals surface area (Å²) in [7, 11) is 0. The summed E-state index contributed by atoms with van der Waals surface area (Å²) in [6, 6.07) is 10.1. The zero-order valence-electron chi connectivity index (χ0n) is 9.18. The predicted octanol–water partition coefficient (Wildman–Crippen LogP) is 5.51. The van der Waals surface area contributed by atoms with E-state index in [0.29, 0.717) is 21.1 Å². The van der Waals surface area contributed by atoms with Crippen molar-refractivity contribution >= 4 is 44.8 Å². The molecule has 0 amide bonds. The van der Waals surface area contributed by atoms with Crippen LogP contribution in [0.5, 0.6) is 0 Å². The fourth-order valence-electron chi connectivity index (χ4n) is 1.51. The zero-order chi connectivity index (χ0) is 13.1. The molecule has 0 aliphatic rings. The third-order valence-electron chi connectivity index (χ3n) is 2.43. The molecule has 0 aromatic heterocycles. The highest BCUT2D eigenvalue weighted by Gasteiger charge is 2.06. The van der Waals surface area contributed by atoms with E-state index in [1.54, 1.807) is 24.3 Å². The zero-order valence-corrected chi connectivity index (χ0v) is 12.3. The van der Waals surface area contributed by atoms with Crippen LogP contribution >= 0.6 is 39.1 Å². The summed E-state index contributed by atoms with van der Waals surface area (Å²) in [5.41, 5.74) is 1.53. The van der Waals surface area contributed by atoms with Gasteiger partial charge in [-0.3, -0.25) is 0 Å². The Hall–Kier alpha value is -0.770. The molecule has 0 aliphatic heterocycles. The maximum atomic E-state index is 13.3. The molecule has 1 nitrogen and oxygen atoms in total. The van der Waals surface area contributed by atoms with E-state index in [4.69, 9.17) is 23.2 Å². The van der Waals surface area contributed by atoms with Crippen LogP contribution in [0.3, 0.4) is 0 Å². The minimum Gasteiger partial charge on any atom is -0.380 e. The Morgan fingerprint density at radius 2 is 1.94 bits per heavy atom. The lowest BCUT2D eigenvalue weighted by atomic mass is 10.2. The monoisotopic (exact) mass is 347 g/mol. The first-order valence-corrected chi connectivity index (χ1v) is 6.74. The second kappa shape index (κ2) is 5.91. The quantitative estimate of drug-likeness (QED) is 0.771. The summed E-state index contributed by atoms with van der Waals surface area (Å²) in [6.07, 6.45) is 0. The standard InChI is InChI=1S/C13H9BrCl2FN/c14-13-8(2-1-3-11(13)17)7-18-12-6-9(15)4-5-10(12)16/h1-6,18H,7H2. The van der Waals surface area contributed by atoms with E-state index in [2.05, 4.69) is 21.2 Å². The Kier molecular flexibility index (Phi) is 4.49. The van der Waals surface area contributed by atoms with E-state index in [1.807, 2.05) is 6.07 Å². The molecule has 0 saturated carbocycles.